The van der Waals surface area contributed by atoms with Crippen LogP contribution in [0, 0.1) is 11.8 Å². The van der Waals surface area contributed by atoms with E-state index in [0.29, 0.717) is 5.92 Å². The van der Waals surface area contributed by atoms with Crippen LogP contribution in [0.2, 0.25) is 0 Å². The molecule has 0 aromatic heterocycles. The van der Waals surface area contributed by atoms with Gasteiger partial charge in [-0.05, 0) is 18.9 Å². The summed E-state index contributed by atoms with van der Waals surface area (Å²) in [5, 5.41) is 3.18. The van der Waals surface area contributed by atoms with Crippen LogP contribution >= 0.6 is 0 Å². The Labute approximate surface area is 67.1 Å². The smallest absolute Gasteiger partial charge is 0.310 e. The molecule has 0 spiro atoms. The van der Waals surface area contributed by atoms with Gasteiger partial charge in [0.25, 0.3) is 0 Å². The summed E-state index contributed by atoms with van der Waals surface area (Å²) in [6, 6.07) is 0. The molecule has 1 rings (SSSR count). The molecule has 1 heterocycles. The quantitative estimate of drug-likeness (QED) is 0.560. The normalized spacial score (nSPS) is 31.5. The predicted molar refractivity (Wildman–Crippen MR) is 42.2 cm³/mol. The van der Waals surface area contributed by atoms with E-state index < -0.39 is 0 Å². The monoisotopic (exact) mass is 157 g/mol. The van der Waals surface area contributed by atoms with E-state index in [2.05, 4.69) is 17.0 Å². The second-order valence-corrected chi connectivity index (χ2v) is 3.10. The van der Waals surface area contributed by atoms with Crippen molar-refractivity contribution in [2.24, 2.45) is 11.8 Å². The molecule has 0 unspecified atom stereocenters. The Morgan fingerprint density at radius 2 is 2.36 bits per heavy atom. The maximum absolute atomic E-state index is 11.1. The van der Waals surface area contributed by atoms with Crippen molar-refractivity contribution < 1.29 is 9.53 Å². The van der Waals surface area contributed by atoms with Crippen molar-refractivity contribution >= 4 is 5.97 Å². The highest BCUT2D eigenvalue weighted by Crippen LogP contribution is 2.18. The first-order chi connectivity index (χ1) is 5.25. The number of rotatable bonds is 1. The lowest BCUT2D eigenvalue weighted by atomic mass is 9.88. The van der Waals surface area contributed by atoms with Gasteiger partial charge in [-0.2, -0.15) is 0 Å². The second-order valence-electron chi connectivity index (χ2n) is 3.10. The minimum atomic E-state index is -0.0790. The van der Waals surface area contributed by atoms with Crippen LogP contribution in [0.1, 0.15) is 13.3 Å². The van der Waals surface area contributed by atoms with Gasteiger partial charge in [0, 0.05) is 6.54 Å². The third-order valence-electron chi connectivity index (χ3n) is 2.33. The third-order valence-corrected chi connectivity index (χ3v) is 2.33. The van der Waals surface area contributed by atoms with Crippen LogP contribution in [0.5, 0.6) is 0 Å². The molecule has 1 saturated heterocycles. The Kier molecular flexibility index (Phi) is 2.88. The van der Waals surface area contributed by atoms with Gasteiger partial charge >= 0.3 is 5.97 Å². The van der Waals surface area contributed by atoms with E-state index in [-0.39, 0.29) is 11.9 Å². The lowest BCUT2D eigenvalue weighted by molar-refractivity contribution is -0.147. The fourth-order valence-corrected chi connectivity index (χ4v) is 1.46. The summed E-state index contributed by atoms with van der Waals surface area (Å²) >= 11 is 0. The summed E-state index contributed by atoms with van der Waals surface area (Å²) in [6.45, 7) is 3.89. The third kappa shape index (κ3) is 1.93. The number of esters is 1. The van der Waals surface area contributed by atoms with Crippen LogP contribution < -0.4 is 5.32 Å². The van der Waals surface area contributed by atoms with Crippen molar-refractivity contribution in [3.8, 4) is 0 Å². The molecule has 0 bridgehead atoms. The van der Waals surface area contributed by atoms with Gasteiger partial charge in [-0.15, -0.1) is 0 Å². The molecular formula is C8H15NO2. The van der Waals surface area contributed by atoms with Gasteiger partial charge in [0.1, 0.15) is 0 Å². The first-order valence-electron chi connectivity index (χ1n) is 4.04. The molecule has 3 nitrogen and oxygen atoms in total. The van der Waals surface area contributed by atoms with Gasteiger partial charge in [-0.25, -0.2) is 0 Å². The van der Waals surface area contributed by atoms with Gasteiger partial charge in [0.2, 0.25) is 0 Å². The zero-order chi connectivity index (χ0) is 8.27. The Hall–Kier alpha value is -0.570. The van der Waals surface area contributed by atoms with Gasteiger partial charge < -0.3 is 10.1 Å². The Morgan fingerprint density at radius 3 is 2.91 bits per heavy atom. The molecule has 1 aliphatic heterocycles. The summed E-state index contributed by atoms with van der Waals surface area (Å²) < 4.78 is 4.68. The second kappa shape index (κ2) is 3.72. The van der Waals surface area contributed by atoms with E-state index in [9.17, 15) is 4.79 Å². The Bertz CT molecular complexity index is 147. The van der Waals surface area contributed by atoms with Crippen LogP contribution in [0.15, 0.2) is 0 Å². The zero-order valence-electron chi connectivity index (χ0n) is 7.09. The number of hydrogen-bond acceptors (Lipinski definition) is 3. The SMILES string of the molecule is COC(=O)[C@@H]1CNCC[C@H]1C. The number of ether oxygens (including phenoxy) is 1. The molecule has 2 atom stereocenters. The summed E-state index contributed by atoms with van der Waals surface area (Å²) in [4.78, 5) is 11.1. The fourth-order valence-electron chi connectivity index (χ4n) is 1.46. The van der Waals surface area contributed by atoms with Crippen molar-refractivity contribution in [3.05, 3.63) is 0 Å². The lowest BCUT2D eigenvalue weighted by Crippen LogP contribution is -2.40. The molecule has 1 N–H and O–H groups in total. The summed E-state index contributed by atoms with van der Waals surface area (Å²) in [5.74, 6) is 0.446. The largest absolute Gasteiger partial charge is 0.469 e. The number of carbonyl (C=O) groups is 1. The summed E-state index contributed by atoms with van der Waals surface area (Å²) in [6.07, 6.45) is 1.07. The standard InChI is InChI=1S/C8H15NO2/c1-6-3-4-9-5-7(6)8(10)11-2/h6-7,9H,3-5H2,1-2H3/t6-,7-/m1/s1. The van der Waals surface area contributed by atoms with Crippen molar-refractivity contribution in [2.45, 2.75) is 13.3 Å². The number of piperidine rings is 1. The lowest BCUT2D eigenvalue weighted by Gasteiger charge is -2.26. The van der Waals surface area contributed by atoms with E-state index in [1.54, 1.807) is 0 Å². The number of nitrogens with one attached hydrogen (secondary N) is 1. The number of carbonyl (C=O) groups excluding carboxylic acids is 1. The molecule has 0 saturated carbocycles. The van der Waals surface area contributed by atoms with Crippen LogP contribution in [0.3, 0.4) is 0 Å². The number of methoxy groups -OCH3 is 1. The van der Waals surface area contributed by atoms with Crippen LogP contribution in [0.4, 0.5) is 0 Å². The molecule has 11 heavy (non-hydrogen) atoms. The predicted octanol–water partition coefficient (Wildman–Crippen LogP) is 0.405. The molecule has 1 fully saturated rings. The van der Waals surface area contributed by atoms with Gasteiger partial charge in [0.15, 0.2) is 0 Å². The molecule has 3 heteroatoms. The minimum absolute atomic E-state index is 0.0637. The summed E-state index contributed by atoms with van der Waals surface area (Å²) in [7, 11) is 1.45. The molecule has 0 aliphatic carbocycles. The van der Waals surface area contributed by atoms with E-state index in [1.807, 2.05) is 0 Å². The van der Waals surface area contributed by atoms with E-state index in [0.717, 1.165) is 19.5 Å². The summed E-state index contributed by atoms with van der Waals surface area (Å²) in [5.41, 5.74) is 0. The first kappa shape index (κ1) is 8.53. The molecule has 1 aliphatic rings. The average molecular weight is 157 g/mol. The highest BCUT2D eigenvalue weighted by Gasteiger charge is 2.27. The molecule has 64 valence electrons. The van der Waals surface area contributed by atoms with Crippen LogP contribution in [0.25, 0.3) is 0 Å². The topological polar surface area (TPSA) is 38.3 Å². The zero-order valence-corrected chi connectivity index (χ0v) is 7.09. The van der Waals surface area contributed by atoms with Crippen molar-refractivity contribution in [1.29, 1.82) is 0 Å². The van der Waals surface area contributed by atoms with Gasteiger partial charge in [-0.3, -0.25) is 4.79 Å². The van der Waals surface area contributed by atoms with Crippen molar-refractivity contribution in [1.82, 2.24) is 5.32 Å². The van der Waals surface area contributed by atoms with Crippen molar-refractivity contribution in [3.63, 3.8) is 0 Å². The van der Waals surface area contributed by atoms with Crippen molar-refractivity contribution in [2.75, 3.05) is 20.2 Å². The minimum Gasteiger partial charge on any atom is -0.469 e. The maximum Gasteiger partial charge on any atom is 0.310 e. The van der Waals surface area contributed by atoms with Gasteiger partial charge in [-0.1, -0.05) is 6.92 Å². The van der Waals surface area contributed by atoms with E-state index in [1.165, 1.54) is 7.11 Å². The van der Waals surface area contributed by atoms with E-state index >= 15 is 0 Å². The number of hydrogen-bond donors (Lipinski definition) is 1. The van der Waals surface area contributed by atoms with E-state index in [4.69, 9.17) is 0 Å². The molecule has 0 aromatic rings. The molecule has 0 radical (unpaired) electrons. The molecule has 0 aromatic carbocycles. The highest BCUT2D eigenvalue weighted by atomic mass is 16.5. The van der Waals surface area contributed by atoms with Crippen LogP contribution in [-0.2, 0) is 9.53 Å². The molecule has 0 amide bonds. The Balaban J connectivity index is 2.47. The highest BCUT2D eigenvalue weighted by molar-refractivity contribution is 5.73. The fraction of sp³-hybridized carbons (Fsp3) is 0.875. The molecular weight excluding hydrogens is 142 g/mol. The Morgan fingerprint density at radius 1 is 1.64 bits per heavy atom. The van der Waals surface area contributed by atoms with Crippen LogP contribution in [-0.4, -0.2) is 26.2 Å². The first-order valence-corrected chi connectivity index (χ1v) is 4.04. The maximum atomic E-state index is 11.1. The average Bonchev–Trinajstić information content (AvgIpc) is 2.04. The van der Waals surface area contributed by atoms with Gasteiger partial charge in [0.05, 0.1) is 13.0 Å².